The van der Waals surface area contributed by atoms with E-state index in [4.69, 9.17) is 0 Å². The van der Waals surface area contributed by atoms with E-state index in [-0.39, 0.29) is 11.5 Å². The third kappa shape index (κ3) is 4.41. The van der Waals surface area contributed by atoms with Crippen LogP contribution in [0.15, 0.2) is 42.5 Å². The van der Waals surface area contributed by atoms with Crippen LogP contribution in [0, 0.1) is 40.9 Å². The van der Waals surface area contributed by atoms with Crippen molar-refractivity contribution in [3.8, 4) is 11.8 Å². The summed E-state index contributed by atoms with van der Waals surface area (Å²) >= 11 is 0. The lowest BCUT2D eigenvalue weighted by molar-refractivity contribution is 0.446. The average molecular weight is 440 g/mol. The van der Waals surface area contributed by atoms with Gasteiger partial charge in [-0.2, -0.15) is 0 Å². The van der Waals surface area contributed by atoms with Crippen LogP contribution in [0.3, 0.4) is 0 Å². The molecule has 0 fully saturated rings. The van der Waals surface area contributed by atoms with E-state index in [2.05, 4.69) is 11.8 Å². The maximum absolute atomic E-state index is 14.7. The van der Waals surface area contributed by atoms with Gasteiger partial charge in [-0.3, -0.25) is 0 Å². The Hall–Kier alpha value is -3.13. The Balaban J connectivity index is 1.54. The van der Waals surface area contributed by atoms with Crippen LogP contribution in [0.25, 0.3) is 0 Å². The Bertz CT molecular complexity index is 1210. The lowest BCUT2D eigenvalue weighted by atomic mass is 9.79. The third-order valence-electron chi connectivity index (χ3n) is 5.92. The molecule has 1 aliphatic rings. The van der Waals surface area contributed by atoms with Gasteiger partial charge in [0.1, 0.15) is 0 Å². The predicted octanol–water partition coefficient (Wildman–Crippen LogP) is 7.01. The van der Waals surface area contributed by atoms with Crippen molar-refractivity contribution in [3.05, 3.63) is 105 Å². The number of fused-ring (bicyclic) bond motifs is 1. The SMILES string of the molecule is CCCc1ccc(C2CCc3cc(C#Cc4cc(F)c(F)c(F)c4)ccc3C2)c(F)c1F. The maximum Gasteiger partial charge on any atom is 0.194 e. The fraction of sp³-hybridized carbons (Fsp3) is 0.259. The highest BCUT2D eigenvalue weighted by Gasteiger charge is 2.25. The van der Waals surface area contributed by atoms with Crippen molar-refractivity contribution >= 4 is 0 Å². The summed E-state index contributed by atoms with van der Waals surface area (Å²) in [6, 6.07) is 10.7. The van der Waals surface area contributed by atoms with E-state index in [0.29, 0.717) is 42.4 Å². The number of hydrogen-bond donors (Lipinski definition) is 0. The molecule has 1 atom stereocenters. The van der Waals surface area contributed by atoms with Crippen molar-refractivity contribution < 1.29 is 22.0 Å². The lowest BCUT2D eigenvalue weighted by Crippen LogP contribution is -2.15. The minimum atomic E-state index is -1.52. The van der Waals surface area contributed by atoms with Gasteiger partial charge in [-0.15, -0.1) is 0 Å². The summed E-state index contributed by atoms with van der Waals surface area (Å²) in [6.45, 7) is 1.93. The van der Waals surface area contributed by atoms with Gasteiger partial charge in [0.2, 0.25) is 0 Å². The highest BCUT2D eigenvalue weighted by molar-refractivity contribution is 5.47. The molecular formula is C27H21F5. The van der Waals surface area contributed by atoms with Crippen LogP contribution in [-0.4, -0.2) is 0 Å². The molecule has 3 aromatic rings. The van der Waals surface area contributed by atoms with Crippen molar-refractivity contribution in [2.24, 2.45) is 0 Å². The van der Waals surface area contributed by atoms with Crippen LogP contribution in [-0.2, 0) is 19.3 Å². The molecule has 1 aliphatic carbocycles. The van der Waals surface area contributed by atoms with Gasteiger partial charge in [-0.25, -0.2) is 22.0 Å². The molecule has 0 amide bonds. The second kappa shape index (κ2) is 9.16. The number of rotatable bonds is 3. The van der Waals surface area contributed by atoms with Crippen LogP contribution < -0.4 is 0 Å². The zero-order valence-corrected chi connectivity index (χ0v) is 17.5. The molecule has 0 saturated heterocycles. The second-order valence-corrected chi connectivity index (χ2v) is 8.12. The number of aryl methyl sites for hydroxylation is 2. The number of hydrogen-bond acceptors (Lipinski definition) is 0. The summed E-state index contributed by atoms with van der Waals surface area (Å²) in [5.74, 6) is -0.167. The Morgan fingerprint density at radius 3 is 2.22 bits per heavy atom. The Morgan fingerprint density at radius 1 is 0.781 bits per heavy atom. The predicted molar refractivity (Wildman–Crippen MR) is 114 cm³/mol. The Kier molecular flexibility index (Phi) is 6.32. The van der Waals surface area contributed by atoms with E-state index in [1.165, 1.54) is 0 Å². The molecule has 0 radical (unpaired) electrons. The minimum Gasteiger partial charge on any atom is -0.204 e. The van der Waals surface area contributed by atoms with Crippen molar-refractivity contribution in [3.63, 3.8) is 0 Å². The van der Waals surface area contributed by atoms with E-state index < -0.39 is 29.1 Å². The molecular weight excluding hydrogens is 419 g/mol. The number of benzene rings is 3. The van der Waals surface area contributed by atoms with Crippen LogP contribution >= 0.6 is 0 Å². The first kappa shape index (κ1) is 22.1. The van der Waals surface area contributed by atoms with E-state index >= 15 is 0 Å². The fourth-order valence-electron chi connectivity index (χ4n) is 4.25. The Labute approximate surface area is 184 Å². The highest BCUT2D eigenvalue weighted by Crippen LogP contribution is 2.35. The third-order valence-corrected chi connectivity index (χ3v) is 5.92. The summed E-state index contributed by atoms with van der Waals surface area (Å²) in [5, 5.41) is 0. The summed E-state index contributed by atoms with van der Waals surface area (Å²) < 4.78 is 68.8. The first-order chi connectivity index (χ1) is 15.4. The molecule has 0 bridgehead atoms. The van der Waals surface area contributed by atoms with Gasteiger partial charge < -0.3 is 0 Å². The average Bonchev–Trinajstić information content (AvgIpc) is 2.79. The zero-order chi connectivity index (χ0) is 22.8. The molecule has 3 aromatic carbocycles. The van der Waals surface area contributed by atoms with Gasteiger partial charge in [0, 0.05) is 11.1 Å². The molecule has 0 nitrogen and oxygen atoms in total. The first-order valence-corrected chi connectivity index (χ1v) is 10.6. The van der Waals surface area contributed by atoms with E-state index in [1.807, 2.05) is 19.1 Å². The van der Waals surface area contributed by atoms with Gasteiger partial charge in [-0.05, 0) is 78.1 Å². The van der Waals surface area contributed by atoms with Gasteiger partial charge in [-0.1, -0.05) is 43.4 Å². The van der Waals surface area contributed by atoms with Crippen molar-refractivity contribution in [2.45, 2.75) is 44.9 Å². The highest BCUT2D eigenvalue weighted by atomic mass is 19.2. The standard InChI is InChI=1S/C27H21F5/c1-2-3-18-10-11-22(26(31)25(18)30)21-9-8-19-12-16(6-7-20(19)15-21)4-5-17-13-23(28)27(32)24(29)14-17/h6-7,10-14,21H,2-3,8-9,15H2,1H3. The minimum absolute atomic E-state index is 0.0446. The van der Waals surface area contributed by atoms with Gasteiger partial charge in [0.15, 0.2) is 29.1 Å². The van der Waals surface area contributed by atoms with Crippen molar-refractivity contribution in [2.75, 3.05) is 0 Å². The summed E-state index contributed by atoms with van der Waals surface area (Å²) in [4.78, 5) is 0. The molecule has 0 spiro atoms. The molecule has 0 aliphatic heterocycles. The summed E-state index contributed by atoms with van der Waals surface area (Å²) in [6.07, 6.45) is 3.23. The van der Waals surface area contributed by atoms with Crippen LogP contribution in [0.2, 0.25) is 0 Å². The second-order valence-electron chi connectivity index (χ2n) is 8.12. The molecule has 1 unspecified atom stereocenters. The monoisotopic (exact) mass is 440 g/mol. The molecule has 0 saturated carbocycles. The van der Waals surface area contributed by atoms with Crippen LogP contribution in [0.5, 0.6) is 0 Å². The van der Waals surface area contributed by atoms with E-state index in [0.717, 1.165) is 29.7 Å². The van der Waals surface area contributed by atoms with E-state index in [9.17, 15) is 22.0 Å². The topological polar surface area (TPSA) is 0 Å². The maximum atomic E-state index is 14.7. The van der Waals surface area contributed by atoms with Crippen molar-refractivity contribution in [1.29, 1.82) is 0 Å². The molecule has 0 aromatic heterocycles. The number of halogens is 5. The fourth-order valence-corrected chi connectivity index (χ4v) is 4.25. The zero-order valence-electron chi connectivity index (χ0n) is 17.5. The molecule has 32 heavy (non-hydrogen) atoms. The summed E-state index contributed by atoms with van der Waals surface area (Å²) in [7, 11) is 0. The van der Waals surface area contributed by atoms with Crippen molar-refractivity contribution in [1.82, 2.24) is 0 Å². The largest absolute Gasteiger partial charge is 0.204 e. The quantitative estimate of drug-likeness (QED) is 0.234. The normalized spacial score (nSPS) is 15.1. The van der Waals surface area contributed by atoms with Gasteiger partial charge in [0.05, 0.1) is 0 Å². The summed E-state index contributed by atoms with van der Waals surface area (Å²) in [5.41, 5.74) is 3.64. The van der Waals surface area contributed by atoms with E-state index in [1.54, 1.807) is 18.2 Å². The molecule has 5 heteroatoms. The smallest absolute Gasteiger partial charge is 0.194 e. The van der Waals surface area contributed by atoms with Gasteiger partial charge >= 0.3 is 0 Å². The molecule has 0 heterocycles. The Morgan fingerprint density at radius 2 is 1.50 bits per heavy atom. The first-order valence-electron chi connectivity index (χ1n) is 10.6. The molecule has 164 valence electrons. The lowest BCUT2D eigenvalue weighted by Gasteiger charge is -2.26. The molecule has 0 N–H and O–H groups in total. The van der Waals surface area contributed by atoms with Gasteiger partial charge in [0.25, 0.3) is 0 Å². The van der Waals surface area contributed by atoms with Crippen LogP contribution in [0.1, 0.15) is 59.1 Å². The van der Waals surface area contributed by atoms with Crippen LogP contribution in [0.4, 0.5) is 22.0 Å². The molecule has 4 rings (SSSR count).